The number of carbonyl (C=O) groups is 2. The lowest BCUT2D eigenvalue weighted by molar-refractivity contribution is 0.0989. The lowest BCUT2D eigenvalue weighted by Crippen LogP contribution is -2.13. The Bertz CT molecular complexity index is 1210. The molecule has 0 radical (unpaired) electrons. The Balaban J connectivity index is 1.47. The van der Waals surface area contributed by atoms with E-state index in [0.717, 1.165) is 0 Å². The molecule has 0 fully saturated rings. The van der Waals surface area contributed by atoms with Crippen molar-refractivity contribution in [2.45, 2.75) is 0 Å². The van der Waals surface area contributed by atoms with Gasteiger partial charge in [0.15, 0.2) is 11.5 Å². The van der Waals surface area contributed by atoms with Gasteiger partial charge in [-0.15, -0.1) is 0 Å². The molecule has 2 heterocycles. The smallest absolute Gasteiger partial charge is 0.291 e. The van der Waals surface area contributed by atoms with Gasteiger partial charge in [0.05, 0.1) is 19.1 Å². The highest BCUT2D eigenvalue weighted by molar-refractivity contribution is 6.04. The SMILES string of the molecule is COc1cc(NC(=O)c2ccc(-c3ccc(F)cc3)o2)ccc1NC(=O)c1ccco1. The van der Waals surface area contributed by atoms with Crippen molar-refractivity contribution in [2.24, 2.45) is 0 Å². The lowest BCUT2D eigenvalue weighted by Gasteiger charge is -2.11. The summed E-state index contributed by atoms with van der Waals surface area (Å²) in [5.41, 5.74) is 1.51. The van der Waals surface area contributed by atoms with Crippen LogP contribution in [0.3, 0.4) is 0 Å². The molecule has 156 valence electrons. The fourth-order valence-corrected chi connectivity index (χ4v) is 2.89. The molecule has 0 bridgehead atoms. The maximum atomic E-state index is 13.1. The van der Waals surface area contributed by atoms with E-state index >= 15 is 0 Å². The van der Waals surface area contributed by atoms with Crippen LogP contribution in [0.2, 0.25) is 0 Å². The molecule has 0 aliphatic heterocycles. The summed E-state index contributed by atoms with van der Waals surface area (Å²) in [5.74, 6) is -0.205. The zero-order valence-corrected chi connectivity index (χ0v) is 16.3. The Hall–Kier alpha value is -4.33. The Morgan fingerprint density at radius 2 is 1.68 bits per heavy atom. The number of hydrogen-bond acceptors (Lipinski definition) is 5. The summed E-state index contributed by atoms with van der Waals surface area (Å²) < 4.78 is 29.0. The molecule has 0 spiro atoms. The largest absolute Gasteiger partial charge is 0.494 e. The molecule has 2 N–H and O–H groups in total. The summed E-state index contributed by atoms with van der Waals surface area (Å²) in [7, 11) is 1.45. The predicted molar refractivity (Wildman–Crippen MR) is 112 cm³/mol. The number of benzene rings is 2. The Morgan fingerprint density at radius 1 is 0.903 bits per heavy atom. The first-order valence-corrected chi connectivity index (χ1v) is 9.23. The second kappa shape index (κ2) is 8.58. The van der Waals surface area contributed by atoms with Crippen LogP contribution in [0, 0.1) is 5.82 Å². The number of ether oxygens (including phenoxy) is 1. The molecule has 0 aliphatic rings. The van der Waals surface area contributed by atoms with Gasteiger partial charge in [-0.05, 0) is 60.7 Å². The van der Waals surface area contributed by atoms with E-state index in [0.29, 0.717) is 28.4 Å². The van der Waals surface area contributed by atoms with Crippen molar-refractivity contribution in [3.05, 3.63) is 90.3 Å². The average molecular weight is 420 g/mol. The molecular weight excluding hydrogens is 403 g/mol. The summed E-state index contributed by atoms with van der Waals surface area (Å²) >= 11 is 0. The monoisotopic (exact) mass is 420 g/mol. The van der Waals surface area contributed by atoms with E-state index < -0.39 is 11.8 Å². The van der Waals surface area contributed by atoms with Crippen molar-refractivity contribution in [1.82, 2.24) is 0 Å². The Kier molecular flexibility index (Phi) is 5.53. The van der Waals surface area contributed by atoms with E-state index in [-0.39, 0.29) is 17.3 Å². The van der Waals surface area contributed by atoms with Crippen molar-refractivity contribution in [2.75, 3.05) is 17.7 Å². The maximum Gasteiger partial charge on any atom is 0.291 e. The zero-order valence-electron chi connectivity index (χ0n) is 16.3. The summed E-state index contributed by atoms with van der Waals surface area (Å²) in [6.45, 7) is 0. The third kappa shape index (κ3) is 4.48. The van der Waals surface area contributed by atoms with Crippen LogP contribution < -0.4 is 15.4 Å². The normalized spacial score (nSPS) is 10.5. The van der Waals surface area contributed by atoms with Crippen molar-refractivity contribution in [3.63, 3.8) is 0 Å². The number of carbonyl (C=O) groups excluding carboxylic acids is 2. The van der Waals surface area contributed by atoms with Gasteiger partial charge in [-0.25, -0.2) is 4.39 Å². The molecule has 2 aromatic heterocycles. The first-order valence-electron chi connectivity index (χ1n) is 9.23. The van der Waals surface area contributed by atoms with Crippen LogP contribution in [-0.4, -0.2) is 18.9 Å². The number of furan rings is 2. The lowest BCUT2D eigenvalue weighted by atomic mass is 10.2. The quantitative estimate of drug-likeness (QED) is 0.448. The summed E-state index contributed by atoms with van der Waals surface area (Å²) in [5, 5.41) is 5.40. The summed E-state index contributed by atoms with van der Waals surface area (Å²) in [6.07, 6.45) is 1.40. The number of anilines is 2. The predicted octanol–water partition coefficient (Wildman–Crippen LogP) is 5.19. The molecule has 4 aromatic rings. The van der Waals surface area contributed by atoms with Gasteiger partial charge in [-0.1, -0.05) is 0 Å². The minimum absolute atomic E-state index is 0.0912. The minimum Gasteiger partial charge on any atom is -0.494 e. The molecule has 0 saturated carbocycles. The van der Waals surface area contributed by atoms with Crippen molar-refractivity contribution in [3.8, 4) is 17.1 Å². The van der Waals surface area contributed by atoms with Gasteiger partial charge in [-0.2, -0.15) is 0 Å². The zero-order chi connectivity index (χ0) is 21.8. The van der Waals surface area contributed by atoms with Gasteiger partial charge in [0.25, 0.3) is 11.8 Å². The van der Waals surface area contributed by atoms with Crippen LogP contribution in [0.1, 0.15) is 21.1 Å². The van der Waals surface area contributed by atoms with E-state index in [1.165, 1.54) is 31.6 Å². The Morgan fingerprint density at radius 3 is 2.39 bits per heavy atom. The van der Waals surface area contributed by atoms with Gasteiger partial charge in [0, 0.05) is 17.3 Å². The van der Waals surface area contributed by atoms with Crippen LogP contribution in [-0.2, 0) is 0 Å². The molecule has 0 atom stereocenters. The fraction of sp³-hybridized carbons (Fsp3) is 0.0435. The maximum absolute atomic E-state index is 13.1. The number of halogens is 1. The van der Waals surface area contributed by atoms with E-state index in [2.05, 4.69) is 10.6 Å². The molecule has 8 heteroatoms. The van der Waals surface area contributed by atoms with Crippen LogP contribution >= 0.6 is 0 Å². The molecule has 0 aliphatic carbocycles. The van der Waals surface area contributed by atoms with Gasteiger partial charge >= 0.3 is 0 Å². The van der Waals surface area contributed by atoms with E-state index in [1.54, 1.807) is 48.5 Å². The third-order valence-electron chi connectivity index (χ3n) is 4.41. The van der Waals surface area contributed by atoms with E-state index in [9.17, 15) is 14.0 Å². The molecule has 31 heavy (non-hydrogen) atoms. The number of amides is 2. The molecule has 0 saturated heterocycles. The minimum atomic E-state index is -0.470. The van der Waals surface area contributed by atoms with Crippen LogP contribution in [0.25, 0.3) is 11.3 Å². The average Bonchev–Trinajstić information content (AvgIpc) is 3.48. The number of methoxy groups -OCH3 is 1. The van der Waals surface area contributed by atoms with Crippen molar-refractivity contribution >= 4 is 23.2 Å². The molecule has 4 rings (SSSR count). The molecule has 7 nitrogen and oxygen atoms in total. The van der Waals surface area contributed by atoms with Crippen molar-refractivity contribution < 1.29 is 27.6 Å². The van der Waals surface area contributed by atoms with Gasteiger partial charge in [0.1, 0.15) is 17.3 Å². The van der Waals surface area contributed by atoms with Gasteiger partial charge in [0.2, 0.25) is 0 Å². The first kappa shape index (κ1) is 20.0. The van der Waals surface area contributed by atoms with Gasteiger partial charge < -0.3 is 24.2 Å². The van der Waals surface area contributed by atoms with E-state index in [1.807, 2.05) is 0 Å². The number of hydrogen-bond donors (Lipinski definition) is 2. The van der Waals surface area contributed by atoms with Crippen molar-refractivity contribution in [1.29, 1.82) is 0 Å². The third-order valence-corrected chi connectivity index (χ3v) is 4.41. The highest BCUT2D eigenvalue weighted by Crippen LogP contribution is 2.29. The second-order valence-electron chi connectivity index (χ2n) is 6.47. The molecule has 0 unspecified atom stereocenters. The fourth-order valence-electron chi connectivity index (χ4n) is 2.89. The highest BCUT2D eigenvalue weighted by Gasteiger charge is 2.16. The second-order valence-corrected chi connectivity index (χ2v) is 6.47. The topological polar surface area (TPSA) is 93.7 Å². The summed E-state index contributed by atoms with van der Waals surface area (Å²) in [4.78, 5) is 24.7. The molecule has 2 aromatic carbocycles. The number of rotatable bonds is 6. The number of nitrogens with one attached hydrogen (secondary N) is 2. The standard InChI is InChI=1S/C23H17FN2O5/c1-29-21-13-16(8-9-17(21)26-22(27)19-3-2-12-30-19)25-23(28)20-11-10-18(31-20)14-4-6-15(24)7-5-14/h2-13H,1H3,(H,25,28)(H,26,27). The summed E-state index contributed by atoms with van der Waals surface area (Å²) in [6, 6.07) is 16.9. The van der Waals surface area contributed by atoms with Crippen LogP contribution in [0.15, 0.2) is 81.8 Å². The first-order chi connectivity index (χ1) is 15.0. The van der Waals surface area contributed by atoms with Crippen LogP contribution in [0.5, 0.6) is 5.75 Å². The van der Waals surface area contributed by atoms with Gasteiger partial charge in [-0.3, -0.25) is 9.59 Å². The molecule has 2 amide bonds. The van der Waals surface area contributed by atoms with Crippen LogP contribution in [0.4, 0.5) is 15.8 Å². The Labute approximate surface area is 176 Å². The highest BCUT2D eigenvalue weighted by atomic mass is 19.1. The molecular formula is C23H17FN2O5. The van der Waals surface area contributed by atoms with E-state index in [4.69, 9.17) is 13.6 Å².